The third-order valence-corrected chi connectivity index (χ3v) is 6.20. The Morgan fingerprint density at radius 2 is 1.67 bits per heavy atom. The highest BCUT2D eigenvalue weighted by Gasteiger charge is 2.31. The Morgan fingerprint density at radius 3 is 2.22 bits per heavy atom. The van der Waals surface area contributed by atoms with Crippen LogP contribution in [0.2, 0.25) is 0 Å². The van der Waals surface area contributed by atoms with Crippen molar-refractivity contribution >= 4 is 18.5 Å². The summed E-state index contributed by atoms with van der Waals surface area (Å²) in [7, 11) is 4.65. The predicted octanol–water partition coefficient (Wildman–Crippen LogP) is 3.03. The van der Waals surface area contributed by atoms with Crippen LogP contribution in [0.5, 0.6) is 0 Å². The van der Waals surface area contributed by atoms with Gasteiger partial charge in [0, 0.05) is 11.6 Å². The van der Waals surface area contributed by atoms with Crippen LogP contribution in [0.1, 0.15) is 5.56 Å². The lowest BCUT2D eigenvalue weighted by molar-refractivity contribution is 0.438. The molecule has 0 aliphatic heterocycles. The summed E-state index contributed by atoms with van der Waals surface area (Å²) in [4.78, 5) is 0. The summed E-state index contributed by atoms with van der Waals surface area (Å²) in [6.07, 6.45) is 1.92. The zero-order valence-electron chi connectivity index (χ0n) is 11.6. The average Bonchev–Trinajstić information content (AvgIpc) is 2.72. The topological polar surface area (TPSA) is 28.5 Å². The highest BCUT2D eigenvalue weighted by atomic mass is 31.2. The molecule has 0 atom stereocenters. The second-order valence-electron chi connectivity index (χ2n) is 4.88. The molecule has 4 nitrogen and oxygen atoms in total. The summed E-state index contributed by atoms with van der Waals surface area (Å²) in [5.41, 5.74) is 2.18. The van der Waals surface area contributed by atoms with Gasteiger partial charge in [-0.15, -0.1) is 0 Å². The third-order valence-electron chi connectivity index (χ3n) is 3.22. The molecular formula is C13H20N3OP. The molecule has 1 aromatic heterocycles. The Hall–Kier alpha value is -1.09. The molecule has 0 aliphatic rings. The monoisotopic (exact) mass is 265 g/mol. The van der Waals surface area contributed by atoms with Crippen LogP contribution in [0, 0.1) is 6.92 Å². The molecule has 0 amide bonds. The first-order chi connectivity index (χ1) is 8.39. The van der Waals surface area contributed by atoms with E-state index < -0.39 is 7.59 Å². The standard InChI is InChI=1S/C13H20N3OP/c1-11-7-6-8-12-9-10-16(13(11)12)18(17,14(2)3)15(4)5/h6-10H,1-5H3. The van der Waals surface area contributed by atoms with Crippen molar-refractivity contribution in [2.45, 2.75) is 6.92 Å². The van der Waals surface area contributed by atoms with Crippen LogP contribution in [-0.4, -0.2) is 41.9 Å². The molecule has 0 saturated carbocycles. The van der Waals surface area contributed by atoms with Crippen molar-refractivity contribution in [1.82, 2.24) is 13.7 Å². The van der Waals surface area contributed by atoms with Crippen LogP contribution >= 0.6 is 7.59 Å². The summed E-state index contributed by atoms with van der Waals surface area (Å²) in [5, 5.41) is 1.12. The molecule has 0 saturated heterocycles. The normalized spacial score (nSPS) is 12.8. The number of aryl methyl sites for hydroxylation is 1. The minimum atomic E-state index is -2.76. The van der Waals surface area contributed by atoms with E-state index in [0.717, 1.165) is 16.5 Å². The van der Waals surface area contributed by atoms with Gasteiger partial charge in [0.05, 0.1) is 5.52 Å². The van der Waals surface area contributed by atoms with Crippen LogP contribution in [-0.2, 0) is 4.57 Å². The lowest BCUT2D eigenvalue weighted by Crippen LogP contribution is -2.25. The summed E-state index contributed by atoms with van der Waals surface area (Å²) in [6.45, 7) is 2.05. The van der Waals surface area contributed by atoms with Crippen molar-refractivity contribution in [1.29, 1.82) is 0 Å². The van der Waals surface area contributed by atoms with Gasteiger partial charge in [-0.25, -0.2) is 9.34 Å². The number of hydrogen-bond donors (Lipinski definition) is 0. The quantitative estimate of drug-likeness (QED) is 0.799. The number of hydrogen-bond acceptors (Lipinski definition) is 1. The largest absolute Gasteiger partial charge is 0.314 e. The minimum absolute atomic E-state index is 1.04. The van der Waals surface area contributed by atoms with Crippen molar-refractivity contribution in [3.63, 3.8) is 0 Å². The molecule has 18 heavy (non-hydrogen) atoms. The lowest BCUT2D eigenvalue weighted by Gasteiger charge is -2.32. The van der Waals surface area contributed by atoms with Gasteiger partial charge in [0.15, 0.2) is 0 Å². The molecule has 1 heterocycles. The van der Waals surface area contributed by atoms with Crippen LogP contribution in [0.25, 0.3) is 10.9 Å². The maximum absolute atomic E-state index is 13.3. The maximum atomic E-state index is 13.3. The summed E-state index contributed by atoms with van der Waals surface area (Å²) in [6, 6.07) is 8.14. The van der Waals surface area contributed by atoms with Gasteiger partial charge in [-0.1, -0.05) is 18.2 Å². The number of rotatable bonds is 3. The third kappa shape index (κ3) is 1.81. The van der Waals surface area contributed by atoms with Crippen molar-refractivity contribution in [2.75, 3.05) is 28.2 Å². The molecule has 5 heteroatoms. The van der Waals surface area contributed by atoms with E-state index in [9.17, 15) is 4.57 Å². The number of aromatic nitrogens is 1. The second kappa shape index (κ2) is 4.54. The summed E-state index contributed by atoms with van der Waals surface area (Å²) in [5.74, 6) is 0. The van der Waals surface area contributed by atoms with Crippen LogP contribution in [0.3, 0.4) is 0 Å². The Balaban J connectivity index is 2.78. The highest BCUT2D eigenvalue weighted by molar-refractivity contribution is 7.57. The molecule has 0 unspecified atom stereocenters. The van der Waals surface area contributed by atoms with E-state index in [1.807, 2.05) is 50.9 Å². The molecule has 2 aromatic rings. The smallest absolute Gasteiger partial charge is 0.274 e. The first-order valence-corrected chi connectivity index (χ1v) is 7.48. The van der Waals surface area contributed by atoms with Crippen molar-refractivity contribution in [3.05, 3.63) is 36.0 Å². The predicted molar refractivity (Wildman–Crippen MR) is 77.1 cm³/mol. The minimum Gasteiger partial charge on any atom is -0.274 e. The van der Waals surface area contributed by atoms with E-state index in [4.69, 9.17) is 0 Å². The maximum Gasteiger partial charge on any atom is 0.314 e. The molecule has 0 aliphatic carbocycles. The summed E-state index contributed by atoms with van der Waals surface area (Å²) >= 11 is 0. The SMILES string of the molecule is Cc1cccc2ccn(P(=O)(N(C)C)N(C)C)c12. The fourth-order valence-electron chi connectivity index (χ4n) is 2.31. The molecule has 98 valence electrons. The number of para-hydroxylation sites is 1. The Kier molecular flexibility index (Phi) is 3.37. The van der Waals surface area contributed by atoms with Crippen LogP contribution < -0.4 is 0 Å². The van der Waals surface area contributed by atoms with Crippen molar-refractivity contribution in [2.24, 2.45) is 0 Å². The average molecular weight is 265 g/mol. The molecule has 1 aromatic carbocycles. The van der Waals surface area contributed by atoms with E-state index >= 15 is 0 Å². The Labute approximate surface area is 108 Å². The van der Waals surface area contributed by atoms with Gasteiger partial charge >= 0.3 is 7.59 Å². The zero-order valence-corrected chi connectivity index (χ0v) is 12.5. The first-order valence-electron chi connectivity index (χ1n) is 5.92. The summed E-state index contributed by atoms with van der Waals surface area (Å²) < 4.78 is 18.7. The Bertz CT molecular complexity index is 604. The molecule has 0 fully saturated rings. The fourth-order valence-corrected chi connectivity index (χ4v) is 4.58. The lowest BCUT2D eigenvalue weighted by atomic mass is 10.2. The zero-order chi connectivity index (χ0) is 13.5. The van der Waals surface area contributed by atoms with E-state index in [1.54, 1.807) is 9.34 Å². The van der Waals surface area contributed by atoms with E-state index in [1.165, 1.54) is 0 Å². The van der Waals surface area contributed by atoms with E-state index in [-0.39, 0.29) is 0 Å². The second-order valence-corrected chi connectivity index (χ2v) is 7.94. The van der Waals surface area contributed by atoms with Crippen LogP contribution in [0.15, 0.2) is 30.5 Å². The molecule has 2 rings (SSSR count). The van der Waals surface area contributed by atoms with Crippen LogP contribution in [0.4, 0.5) is 0 Å². The van der Waals surface area contributed by atoms with Crippen molar-refractivity contribution < 1.29 is 4.57 Å². The van der Waals surface area contributed by atoms with Gasteiger partial charge < -0.3 is 0 Å². The fraction of sp³-hybridized carbons (Fsp3) is 0.385. The van der Waals surface area contributed by atoms with Gasteiger partial charge in [-0.05, 0) is 46.7 Å². The Morgan fingerprint density at radius 1 is 1.06 bits per heavy atom. The van der Waals surface area contributed by atoms with E-state index in [2.05, 4.69) is 19.1 Å². The van der Waals surface area contributed by atoms with Gasteiger partial charge in [-0.2, -0.15) is 0 Å². The molecule has 0 N–H and O–H groups in total. The number of nitrogens with zero attached hydrogens (tertiary/aromatic N) is 3. The number of fused-ring (bicyclic) bond motifs is 1. The molecule has 0 spiro atoms. The van der Waals surface area contributed by atoms with Gasteiger partial charge in [0.25, 0.3) is 0 Å². The first kappa shape index (κ1) is 13.3. The van der Waals surface area contributed by atoms with E-state index in [0.29, 0.717) is 0 Å². The molecule has 0 bridgehead atoms. The van der Waals surface area contributed by atoms with Gasteiger partial charge in [0.2, 0.25) is 0 Å². The van der Waals surface area contributed by atoms with Gasteiger partial charge in [0.1, 0.15) is 0 Å². The molecular weight excluding hydrogens is 245 g/mol. The number of benzene rings is 1. The van der Waals surface area contributed by atoms with Crippen molar-refractivity contribution in [3.8, 4) is 0 Å². The highest BCUT2D eigenvalue weighted by Crippen LogP contribution is 2.52. The van der Waals surface area contributed by atoms with Gasteiger partial charge in [-0.3, -0.25) is 8.90 Å². The molecule has 0 radical (unpaired) electrons.